The second-order valence-corrected chi connectivity index (χ2v) is 14.0. The van der Waals surface area contributed by atoms with E-state index in [0.717, 1.165) is 29.9 Å². The second-order valence-electron chi connectivity index (χ2n) is 12.3. The van der Waals surface area contributed by atoms with E-state index in [-0.39, 0.29) is 36.3 Å². The Balaban J connectivity index is 1.26. The van der Waals surface area contributed by atoms with Crippen LogP contribution in [0, 0.1) is 16.7 Å². The lowest BCUT2D eigenvalue weighted by Crippen LogP contribution is -2.76. The Bertz CT molecular complexity index is 1380. The lowest BCUT2D eigenvalue weighted by Gasteiger charge is -2.51. The fraction of sp³-hybridized carbons (Fsp3) is 0.654. The van der Waals surface area contributed by atoms with E-state index in [4.69, 9.17) is 15.6 Å². The first-order chi connectivity index (χ1) is 19.4. The molecule has 0 aromatic heterocycles. The molecule has 1 aromatic carbocycles. The molecule has 224 valence electrons. The zero-order valence-corrected chi connectivity index (χ0v) is 24.3. The summed E-state index contributed by atoms with van der Waals surface area (Å²) in [6, 6.07) is 3.76. The number of rotatable bonds is 6. The highest BCUT2D eigenvalue weighted by Gasteiger charge is 2.69. The molecule has 7 N–H and O–H groups in total. The number of hydroxylamine groups is 2. The van der Waals surface area contributed by atoms with Gasteiger partial charge in [0, 0.05) is 37.7 Å². The third kappa shape index (κ3) is 4.23. The van der Waals surface area contributed by atoms with Crippen LogP contribution in [0.5, 0.6) is 5.75 Å². The van der Waals surface area contributed by atoms with Crippen molar-refractivity contribution in [2.75, 3.05) is 32.8 Å². The first kappa shape index (κ1) is 28.0. The molecule has 6 rings (SSSR count). The molecule has 0 radical (unpaired) electrons. The predicted octanol–water partition coefficient (Wildman–Crippen LogP) is -0.0724. The van der Waals surface area contributed by atoms with Crippen LogP contribution >= 0.6 is 0 Å². The number of para-hydroxylation sites is 1. The van der Waals surface area contributed by atoms with Crippen LogP contribution in [-0.2, 0) is 15.6 Å². The molecule has 0 aliphatic carbocycles. The number of ether oxygens (including phenoxy) is 1. The molecule has 15 heteroatoms. The fourth-order valence-corrected chi connectivity index (χ4v) is 8.49. The third-order valence-corrected chi connectivity index (χ3v) is 11.1. The van der Waals surface area contributed by atoms with Crippen LogP contribution in [0.4, 0.5) is 0 Å². The van der Waals surface area contributed by atoms with Crippen LogP contribution in [0.15, 0.2) is 18.2 Å². The molecule has 41 heavy (non-hydrogen) atoms. The van der Waals surface area contributed by atoms with Gasteiger partial charge < -0.3 is 25.6 Å². The molecule has 1 amide bonds. The smallest absolute Gasteiger partial charge is 0.279 e. The highest BCUT2D eigenvalue weighted by Crippen LogP contribution is 2.46. The highest BCUT2D eigenvalue weighted by molar-refractivity contribution is 7.87. The average Bonchev–Trinajstić information content (AvgIpc) is 3.63. The number of benzene rings is 1. The van der Waals surface area contributed by atoms with Gasteiger partial charge in [0.2, 0.25) is 5.96 Å². The Morgan fingerprint density at radius 3 is 2.66 bits per heavy atom. The lowest BCUT2D eigenvalue weighted by molar-refractivity contribution is -0.166. The zero-order valence-electron chi connectivity index (χ0n) is 23.5. The molecule has 5 aliphatic heterocycles. The second kappa shape index (κ2) is 9.71. The van der Waals surface area contributed by atoms with E-state index < -0.39 is 39.9 Å². The number of amides is 1. The molecule has 4 saturated heterocycles. The van der Waals surface area contributed by atoms with Crippen LogP contribution < -0.4 is 25.4 Å². The topological polar surface area (TPSA) is 186 Å². The maximum absolute atomic E-state index is 13.7. The summed E-state index contributed by atoms with van der Waals surface area (Å²) in [5.74, 6) is -0.477. The molecule has 1 spiro atoms. The van der Waals surface area contributed by atoms with Crippen molar-refractivity contribution < 1.29 is 23.2 Å². The molecule has 5 aliphatic rings. The van der Waals surface area contributed by atoms with Crippen molar-refractivity contribution in [3.8, 4) is 5.75 Å². The third-order valence-electron chi connectivity index (χ3n) is 9.55. The Labute approximate surface area is 239 Å². The number of nitrogens with one attached hydrogen (secondary N) is 6. The van der Waals surface area contributed by atoms with Crippen molar-refractivity contribution in [1.29, 1.82) is 10.8 Å². The maximum atomic E-state index is 13.7. The molecule has 5 heterocycles. The van der Waals surface area contributed by atoms with Crippen LogP contribution in [0.2, 0.25) is 0 Å². The molecule has 14 nitrogen and oxygen atoms in total. The molecular formula is C26H39N9O5S. The van der Waals surface area contributed by atoms with Crippen molar-refractivity contribution in [2.45, 2.75) is 69.2 Å². The van der Waals surface area contributed by atoms with Gasteiger partial charge in [-0.15, -0.1) is 0 Å². The molecule has 3 unspecified atom stereocenters. The van der Waals surface area contributed by atoms with Crippen LogP contribution in [0.25, 0.3) is 0 Å². The molecule has 0 bridgehead atoms. The van der Waals surface area contributed by atoms with Gasteiger partial charge in [-0.05, 0) is 30.7 Å². The van der Waals surface area contributed by atoms with Crippen LogP contribution in [0.1, 0.15) is 56.0 Å². The first-order valence-corrected chi connectivity index (χ1v) is 15.6. The van der Waals surface area contributed by atoms with E-state index >= 15 is 0 Å². The first-order valence-electron chi connectivity index (χ1n) is 14.2. The van der Waals surface area contributed by atoms with E-state index in [2.05, 4.69) is 34.5 Å². The Morgan fingerprint density at radius 2 is 1.93 bits per heavy atom. The summed E-state index contributed by atoms with van der Waals surface area (Å²) in [5.41, 5.74) is -0.0130. The quantitative estimate of drug-likeness (QED) is 0.238. The minimum Gasteiger partial charge on any atom is -0.492 e. The van der Waals surface area contributed by atoms with Crippen molar-refractivity contribution in [2.24, 2.45) is 5.92 Å². The summed E-state index contributed by atoms with van der Waals surface area (Å²) in [6.07, 6.45) is 2.47. The number of carbonyl (C=O) groups excluding carboxylic acids is 1. The summed E-state index contributed by atoms with van der Waals surface area (Å²) in [6.45, 7) is 7.71. The summed E-state index contributed by atoms with van der Waals surface area (Å²) in [4.78, 5) is 15.3. The number of nitrogens with zero attached hydrogens (tertiary/aromatic N) is 3. The summed E-state index contributed by atoms with van der Waals surface area (Å²) in [5, 5.41) is 38.5. The summed E-state index contributed by atoms with van der Waals surface area (Å²) >= 11 is 0. The van der Waals surface area contributed by atoms with E-state index in [9.17, 15) is 18.4 Å². The lowest BCUT2D eigenvalue weighted by atomic mass is 9.79. The SMILES string of the molecule is C[C@@H]1[C@@H](NC(=O)c2cccc3c2OCCC3(C)C)CN2C(=N)NC(CNS(=O)(=O)N3CCCC3)C3NC(=N)N(O)C312. The van der Waals surface area contributed by atoms with E-state index in [0.29, 0.717) is 31.0 Å². The van der Waals surface area contributed by atoms with Crippen molar-refractivity contribution in [3.63, 3.8) is 0 Å². The Kier molecular flexibility index (Phi) is 6.63. The van der Waals surface area contributed by atoms with Gasteiger partial charge in [0.05, 0.1) is 30.3 Å². The van der Waals surface area contributed by atoms with Gasteiger partial charge in [0.25, 0.3) is 16.1 Å². The zero-order chi connectivity index (χ0) is 29.3. The van der Waals surface area contributed by atoms with Gasteiger partial charge in [-0.3, -0.25) is 20.8 Å². The number of hydrogen-bond acceptors (Lipinski definition) is 7. The largest absolute Gasteiger partial charge is 0.492 e. The number of fused-ring (bicyclic) bond motifs is 1. The summed E-state index contributed by atoms with van der Waals surface area (Å²) in [7, 11) is -3.71. The van der Waals surface area contributed by atoms with Crippen molar-refractivity contribution >= 4 is 28.0 Å². The number of guanidine groups is 2. The standard InChI is InChI=1S/C26H39N9O5S/c1-15-19(30-22(36)16-7-6-8-17-20(16)40-12-9-25(17,2)3)14-34-23(27)31-18(21-26(15,34)35(37)24(28)32-21)13-29-41(38,39)33-10-4-5-11-33/h6-8,15,18-19,21,29,37H,4-5,9-14H2,1-3H3,(H2,27,31)(H2,28,32)(H,30,36)/t15-,18?,19+,21?,26?/m1/s1. The van der Waals surface area contributed by atoms with E-state index in [1.54, 1.807) is 11.0 Å². The minimum absolute atomic E-state index is 0.0204. The van der Waals surface area contributed by atoms with Gasteiger partial charge in [0.1, 0.15) is 5.75 Å². The van der Waals surface area contributed by atoms with E-state index in [1.165, 1.54) is 4.31 Å². The molecular weight excluding hydrogens is 550 g/mol. The van der Waals surface area contributed by atoms with Crippen molar-refractivity contribution in [3.05, 3.63) is 29.3 Å². The van der Waals surface area contributed by atoms with Gasteiger partial charge in [0.15, 0.2) is 11.6 Å². The van der Waals surface area contributed by atoms with Gasteiger partial charge in [-0.1, -0.05) is 32.9 Å². The normalized spacial score (nSPS) is 32.5. The monoisotopic (exact) mass is 589 g/mol. The van der Waals surface area contributed by atoms with Gasteiger partial charge in [-0.2, -0.15) is 22.5 Å². The molecule has 5 atom stereocenters. The van der Waals surface area contributed by atoms with Crippen LogP contribution in [0.3, 0.4) is 0 Å². The van der Waals surface area contributed by atoms with E-state index in [1.807, 2.05) is 19.1 Å². The van der Waals surface area contributed by atoms with Crippen molar-refractivity contribution in [1.82, 2.24) is 34.9 Å². The highest BCUT2D eigenvalue weighted by atomic mass is 32.2. The Hall–Kier alpha value is -3.14. The number of hydrogen-bond donors (Lipinski definition) is 7. The van der Waals surface area contributed by atoms with Gasteiger partial charge >= 0.3 is 0 Å². The molecule has 1 aromatic rings. The average molecular weight is 590 g/mol. The molecule has 0 saturated carbocycles. The minimum atomic E-state index is -3.71. The Morgan fingerprint density at radius 1 is 1.20 bits per heavy atom. The van der Waals surface area contributed by atoms with Crippen LogP contribution in [-0.4, -0.2) is 102 Å². The predicted molar refractivity (Wildman–Crippen MR) is 150 cm³/mol. The number of carbonyl (C=O) groups is 1. The fourth-order valence-electron chi connectivity index (χ4n) is 7.18. The molecule has 4 fully saturated rings. The van der Waals surface area contributed by atoms with Gasteiger partial charge in [-0.25, -0.2) is 0 Å². The maximum Gasteiger partial charge on any atom is 0.279 e. The summed E-state index contributed by atoms with van der Waals surface area (Å²) < 4.78 is 35.7.